The molecule has 1 unspecified atom stereocenters. The Bertz CT molecular complexity index is 594. The largest absolute Gasteiger partial charge is 0.493 e. The van der Waals surface area contributed by atoms with Gasteiger partial charge in [0.1, 0.15) is 0 Å². The minimum absolute atomic E-state index is 0. The van der Waals surface area contributed by atoms with Crippen molar-refractivity contribution in [2.45, 2.75) is 26.0 Å². The molecule has 1 aliphatic rings. The number of allylic oxidation sites excluding steroid dienone is 1. The van der Waals surface area contributed by atoms with Crippen LogP contribution in [0.15, 0.2) is 35.0 Å². The number of halogens is 1. The number of rotatable bonds is 3. The van der Waals surface area contributed by atoms with Gasteiger partial charge < -0.3 is 15.2 Å². The Morgan fingerprint density at radius 2 is 1.77 bits per heavy atom. The summed E-state index contributed by atoms with van der Waals surface area (Å²) in [6.07, 6.45) is 2.17. The minimum atomic E-state index is -0.0274. The Labute approximate surface area is 146 Å². The van der Waals surface area contributed by atoms with Crippen molar-refractivity contribution >= 4 is 33.9 Å². The number of amidine groups is 1. The average Bonchev–Trinajstić information content (AvgIpc) is 2.45. The molecule has 0 spiro atoms. The van der Waals surface area contributed by atoms with Crippen LogP contribution >= 0.6 is 28.7 Å². The molecule has 2 rings (SSSR count). The van der Waals surface area contributed by atoms with E-state index in [9.17, 15) is 0 Å². The second-order valence-corrected chi connectivity index (χ2v) is 7.07. The van der Waals surface area contributed by atoms with Crippen LogP contribution in [0.4, 0.5) is 0 Å². The summed E-state index contributed by atoms with van der Waals surface area (Å²) in [6.45, 7) is 6.41. The molecule has 0 aliphatic carbocycles. The number of benzene rings is 1. The highest BCUT2D eigenvalue weighted by atomic mass is 79.9. The van der Waals surface area contributed by atoms with E-state index < -0.39 is 0 Å². The van der Waals surface area contributed by atoms with Gasteiger partial charge in [0.05, 0.1) is 19.5 Å². The molecule has 1 aliphatic heterocycles. The van der Waals surface area contributed by atoms with Gasteiger partial charge in [0.15, 0.2) is 16.7 Å². The maximum Gasteiger partial charge on any atom is 0.161 e. The van der Waals surface area contributed by atoms with E-state index in [4.69, 9.17) is 15.2 Å². The lowest BCUT2D eigenvalue weighted by Gasteiger charge is -2.26. The predicted octanol–water partition coefficient (Wildman–Crippen LogP) is 4.31. The highest BCUT2D eigenvalue weighted by Crippen LogP contribution is 2.42. The molecule has 1 aromatic rings. The predicted molar refractivity (Wildman–Crippen MR) is 99.4 cm³/mol. The van der Waals surface area contributed by atoms with Crippen LogP contribution in [0, 0.1) is 5.41 Å². The number of methoxy groups -OCH3 is 2. The van der Waals surface area contributed by atoms with E-state index in [1.807, 2.05) is 18.2 Å². The molecule has 1 atom stereocenters. The van der Waals surface area contributed by atoms with E-state index in [0.29, 0.717) is 5.17 Å². The van der Waals surface area contributed by atoms with Gasteiger partial charge in [0, 0.05) is 11.1 Å². The summed E-state index contributed by atoms with van der Waals surface area (Å²) in [5.41, 5.74) is 8.10. The molecule has 122 valence electrons. The van der Waals surface area contributed by atoms with Crippen LogP contribution in [-0.4, -0.2) is 19.4 Å². The summed E-state index contributed by atoms with van der Waals surface area (Å²) in [7, 11) is 3.27. The SMILES string of the molecule is Br.COc1ccc(C2C=C(C(C)(C)C)N=C(N)S2)cc1OC. The van der Waals surface area contributed by atoms with Crippen LogP contribution in [-0.2, 0) is 0 Å². The van der Waals surface area contributed by atoms with E-state index in [0.717, 1.165) is 22.8 Å². The third-order valence-corrected chi connectivity index (χ3v) is 4.29. The van der Waals surface area contributed by atoms with Crippen LogP contribution in [0.3, 0.4) is 0 Å². The number of nitrogens with two attached hydrogens (primary N) is 1. The quantitative estimate of drug-likeness (QED) is 0.840. The number of hydrogen-bond donors (Lipinski definition) is 1. The van der Waals surface area contributed by atoms with Gasteiger partial charge in [-0.2, -0.15) is 0 Å². The molecule has 22 heavy (non-hydrogen) atoms. The number of nitrogens with zero attached hydrogens (tertiary/aromatic N) is 1. The normalized spacial score (nSPS) is 18.0. The molecule has 0 bridgehead atoms. The molecule has 6 heteroatoms. The zero-order chi connectivity index (χ0) is 15.6. The van der Waals surface area contributed by atoms with Crippen molar-refractivity contribution in [2.75, 3.05) is 14.2 Å². The fraction of sp³-hybridized carbons (Fsp3) is 0.438. The lowest BCUT2D eigenvalue weighted by Crippen LogP contribution is -2.19. The summed E-state index contributed by atoms with van der Waals surface area (Å²) >= 11 is 1.55. The minimum Gasteiger partial charge on any atom is -0.493 e. The van der Waals surface area contributed by atoms with Crippen LogP contribution in [0.5, 0.6) is 11.5 Å². The Morgan fingerprint density at radius 3 is 2.32 bits per heavy atom. The van der Waals surface area contributed by atoms with Gasteiger partial charge in [-0.3, -0.25) is 0 Å². The van der Waals surface area contributed by atoms with Gasteiger partial charge in [-0.25, -0.2) is 4.99 Å². The van der Waals surface area contributed by atoms with Crippen molar-refractivity contribution in [1.82, 2.24) is 0 Å². The number of thioether (sulfide) groups is 1. The summed E-state index contributed by atoms with van der Waals surface area (Å²) < 4.78 is 10.7. The first kappa shape index (κ1) is 18.9. The Kier molecular flexibility index (Phi) is 6.38. The fourth-order valence-electron chi connectivity index (χ4n) is 2.10. The van der Waals surface area contributed by atoms with Crippen molar-refractivity contribution in [2.24, 2.45) is 16.1 Å². The Balaban J connectivity index is 0.00000242. The first-order valence-corrected chi connectivity index (χ1v) is 7.68. The van der Waals surface area contributed by atoms with Gasteiger partial charge in [0.2, 0.25) is 0 Å². The van der Waals surface area contributed by atoms with Crippen LogP contribution in [0.2, 0.25) is 0 Å². The van der Waals surface area contributed by atoms with Crippen molar-refractivity contribution in [3.63, 3.8) is 0 Å². The van der Waals surface area contributed by atoms with E-state index >= 15 is 0 Å². The third-order valence-electron chi connectivity index (χ3n) is 3.29. The van der Waals surface area contributed by atoms with E-state index in [2.05, 4.69) is 31.8 Å². The highest BCUT2D eigenvalue weighted by Gasteiger charge is 2.25. The lowest BCUT2D eigenvalue weighted by atomic mass is 9.91. The van der Waals surface area contributed by atoms with Crippen molar-refractivity contribution in [3.8, 4) is 11.5 Å². The molecular weight excluding hydrogens is 364 g/mol. The molecule has 0 amide bonds. The van der Waals surface area contributed by atoms with Crippen molar-refractivity contribution in [1.29, 1.82) is 0 Å². The second kappa shape index (κ2) is 7.42. The molecule has 0 saturated carbocycles. The van der Waals surface area contributed by atoms with Crippen molar-refractivity contribution < 1.29 is 9.47 Å². The van der Waals surface area contributed by atoms with E-state index in [1.165, 1.54) is 0 Å². The fourth-order valence-corrected chi connectivity index (χ4v) is 2.99. The molecule has 1 aromatic carbocycles. The maximum atomic E-state index is 5.99. The van der Waals surface area contributed by atoms with Crippen LogP contribution in [0.1, 0.15) is 31.6 Å². The standard InChI is InChI=1S/C16H22N2O2S.BrH/c1-16(2,3)14-9-13(21-15(17)18-14)10-6-7-11(19-4)12(8-10)20-5;/h6-9,13H,1-5H3,(H2,17,18);1H. The average molecular weight is 387 g/mol. The highest BCUT2D eigenvalue weighted by molar-refractivity contribution is 8.93. The summed E-state index contributed by atoms with van der Waals surface area (Å²) in [4.78, 5) is 4.47. The van der Waals surface area contributed by atoms with Crippen molar-refractivity contribution in [3.05, 3.63) is 35.5 Å². The number of aliphatic imine (C=N–C) groups is 1. The van der Waals surface area contributed by atoms with Crippen LogP contribution < -0.4 is 15.2 Å². The van der Waals surface area contributed by atoms with Gasteiger partial charge in [-0.1, -0.05) is 38.6 Å². The van der Waals surface area contributed by atoms with Gasteiger partial charge in [-0.15, -0.1) is 17.0 Å². The first-order valence-electron chi connectivity index (χ1n) is 6.80. The Morgan fingerprint density at radius 1 is 1.14 bits per heavy atom. The molecule has 1 heterocycles. The third kappa shape index (κ3) is 4.20. The van der Waals surface area contributed by atoms with Gasteiger partial charge in [0.25, 0.3) is 0 Å². The molecule has 0 saturated heterocycles. The Hall–Kier alpha value is -1.14. The molecular formula is C16H23BrN2O2S. The van der Waals surface area contributed by atoms with Gasteiger partial charge >= 0.3 is 0 Å². The van der Waals surface area contributed by atoms with E-state index in [1.54, 1.807) is 26.0 Å². The number of ether oxygens (including phenoxy) is 2. The summed E-state index contributed by atoms with van der Waals surface area (Å²) in [6, 6.07) is 5.95. The summed E-state index contributed by atoms with van der Waals surface area (Å²) in [5, 5.41) is 0.735. The topological polar surface area (TPSA) is 56.8 Å². The molecule has 0 radical (unpaired) electrons. The second-order valence-electron chi connectivity index (χ2n) is 5.90. The number of hydrogen-bond acceptors (Lipinski definition) is 5. The first-order chi connectivity index (χ1) is 9.85. The maximum absolute atomic E-state index is 5.99. The van der Waals surface area contributed by atoms with Gasteiger partial charge in [-0.05, 0) is 23.8 Å². The molecule has 4 nitrogen and oxygen atoms in total. The van der Waals surface area contributed by atoms with E-state index in [-0.39, 0.29) is 27.6 Å². The summed E-state index contributed by atoms with van der Waals surface area (Å²) in [5.74, 6) is 1.45. The zero-order valence-corrected chi connectivity index (χ0v) is 16.1. The molecule has 2 N–H and O–H groups in total. The van der Waals surface area contributed by atoms with Crippen LogP contribution in [0.25, 0.3) is 0 Å². The zero-order valence-electron chi connectivity index (χ0n) is 13.5. The lowest BCUT2D eigenvalue weighted by molar-refractivity contribution is 0.354. The molecule has 0 aromatic heterocycles. The smallest absolute Gasteiger partial charge is 0.161 e. The molecule has 0 fully saturated rings. The monoisotopic (exact) mass is 386 g/mol.